The first-order chi connectivity index (χ1) is 7.73. The lowest BCUT2D eigenvalue weighted by atomic mass is 9.90. The van der Waals surface area contributed by atoms with Crippen molar-refractivity contribution in [1.82, 2.24) is 4.98 Å². The fourth-order valence-electron chi connectivity index (χ4n) is 1.36. The van der Waals surface area contributed by atoms with Crippen LogP contribution in [0.15, 0.2) is 18.3 Å². The van der Waals surface area contributed by atoms with Crippen LogP contribution in [0, 0.1) is 5.92 Å². The summed E-state index contributed by atoms with van der Waals surface area (Å²) in [6.07, 6.45) is -3.47. The molecule has 17 heavy (non-hydrogen) atoms. The SMILES string of the molecule is C[C@H](C(C(=O)O)c1ccc(Cl)cn1)C(F)(F)F. The van der Waals surface area contributed by atoms with Gasteiger partial charge in [-0.2, -0.15) is 13.2 Å². The second-order valence-corrected chi connectivity index (χ2v) is 3.98. The number of nitrogens with zero attached hydrogens (tertiary/aromatic N) is 1. The molecular weight excluding hydrogens is 259 g/mol. The van der Waals surface area contributed by atoms with Crippen molar-refractivity contribution in [3.8, 4) is 0 Å². The Kier molecular flexibility index (Phi) is 3.98. The number of carboxylic acid groups (broad SMARTS) is 1. The van der Waals surface area contributed by atoms with Crippen LogP contribution in [0.1, 0.15) is 18.5 Å². The third-order valence-electron chi connectivity index (χ3n) is 2.35. The van der Waals surface area contributed by atoms with Crippen molar-refractivity contribution in [3.63, 3.8) is 0 Å². The van der Waals surface area contributed by atoms with Gasteiger partial charge >= 0.3 is 12.1 Å². The number of alkyl halides is 3. The maximum Gasteiger partial charge on any atom is 0.392 e. The number of hydrogen-bond acceptors (Lipinski definition) is 2. The van der Waals surface area contributed by atoms with Gasteiger partial charge in [0, 0.05) is 6.20 Å². The molecule has 0 aliphatic rings. The normalized spacial score (nSPS) is 15.4. The van der Waals surface area contributed by atoms with E-state index in [1.807, 2.05) is 0 Å². The molecule has 0 spiro atoms. The van der Waals surface area contributed by atoms with Gasteiger partial charge in [-0.05, 0) is 12.1 Å². The Morgan fingerprint density at radius 1 is 1.47 bits per heavy atom. The Bertz CT molecular complexity index is 405. The van der Waals surface area contributed by atoms with E-state index in [1.54, 1.807) is 0 Å². The summed E-state index contributed by atoms with van der Waals surface area (Å²) in [7, 11) is 0. The van der Waals surface area contributed by atoms with E-state index in [0.717, 1.165) is 13.1 Å². The molecule has 3 nitrogen and oxygen atoms in total. The third kappa shape index (κ3) is 3.33. The lowest BCUT2D eigenvalue weighted by Crippen LogP contribution is -2.31. The zero-order valence-electron chi connectivity index (χ0n) is 8.70. The zero-order chi connectivity index (χ0) is 13.2. The number of carboxylic acids is 1. The molecule has 0 aromatic carbocycles. The van der Waals surface area contributed by atoms with Crippen LogP contribution in [-0.4, -0.2) is 22.2 Å². The number of pyridine rings is 1. The second kappa shape index (κ2) is 4.91. The van der Waals surface area contributed by atoms with Gasteiger partial charge in [0.2, 0.25) is 0 Å². The first kappa shape index (κ1) is 13.8. The number of halogens is 4. The maximum absolute atomic E-state index is 12.5. The van der Waals surface area contributed by atoms with Crippen molar-refractivity contribution in [3.05, 3.63) is 29.0 Å². The van der Waals surface area contributed by atoms with Crippen LogP contribution in [0.3, 0.4) is 0 Å². The maximum atomic E-state index is 12.5. The second-order valence-electron chi connectivity index (χ2n) is 3.55. The highest BCUT2D eigenvalue weighted by Gasteiger charge is 2.45. The zero-order valence-corrected chi connectivity index (χ0v) is 9.46. The molecule has 0 amide bonds. The van der Waals surface area contributed by atoms with Crippen molar-refractivity contribution in [1.29, 1.82) is 0 Å². The Morgan fingerprint density at radius 3 is 2.41 bits per heavy atom. The van der Waals surface area contributed by atoms with E-state index in [0.29, 0.717) is 0 Å². The molecule has 1 aromatic heterocycles. The molecule has 1 unspecified atom stereocenters. The van der Waals surface area contributed by atoms with Crippen molar-refractivity contribution >= 4 is 17.6 Å². The minimum Gasteiger partial charge on any atom is -0.481 e. The summed E-state index contributed by atoms with van der Waals surface area (Å²) in [5.41, 5.74) is -0.160. The van der Waals surface area contributed by atoms with E-state index in [4.69, 9.17) is 16.7 Å². The summed E-state index contributed by atoms with van der Waals surface area (Å²) in [5.74, 6) is -5.31. The topological polar surface area (TPSA) is 50.2 Å². The van der Waals surface area contributed by atoms with E-state index in [-0.39, 0.29) is 10.7 Å². The molecule has 0 fully saturated rings. The van der Waals surface area contributed by atoms with Crippen LogP contribution in [0.2, 0.25) is 5.02 Å². The van der Waals surface area contributed by atoms with Crippen LogP contribution in [0.5, 0.6) is 0 Å². The first-order valence-electron chi connectivity index (χ1n) is 4.64. The smallest absolute Gasteiger partial charge is 0.392 e. The average Bonchev–Trinajstić information content (AvgIpc) is 2.19. The van der Waals surface area contributed by atoms with Crippen LogP contribution in [-0.2, 0) is 4.79 Å². The molecule has 0 saturated carbocycles. The quantitative estimate of drug-likeness (QED) is 0.915. The first-order valence-corrected chi connectivity index (χ1v) is 5.02. The summed E-state index contributed by atoms with van der Waals surface area (Å²) in [5, 5.41) is 9.09. The molecular formula is C10H9ClF3NO2. The van der Waals surface area contributed by atoms with Crippen molar-refractivity contribution in [2.45, 2.75) is 19.0 Å². The highest BCUT2D eigenvalue weighted by Crippen LogP contribution is 2.36. The standard InChI is InChI=1S/C10H9ClF3NO2/c1-5(10(12,13)14)8(9(16)17)7-3-2-6(11)4-15-7/h2-5,8H,1H3,(H,16,17)/t5-,8?/m1/s1. The highest BCUT2D eigenvalue weighted by atomic mass is 35.5. The minimum atomic E-state index is -4.59. The van der Waals surface area contributed by atoms with Gasteiger partial charge in [-0.1, -0.05) is 18.5 Å². The Hall–Kier alpha value is -1.30. The molecule has 0 saturated heterocycles. The Labute approximate surface area is 100 Å². The lowest BCUT2D eigenvalue weighted by molar-refractivity contribution is -0.184. The third-order valence-corrected chi connectivity index (χ3v) is 2.57. The van der Waals surface area contributed by atoms with E-state index in [9.17, 15) is 18.0 Å². The molecule has 1 aromatic rings. The van der Waals surface area contributed by atoms with Gasteiger partial charge in [0.05, 0.1) is 16.6 Å². The van der Waals surface area contributed by atoms with Gasteiger partial charge in [0.1, 0.15) is 5.92 Å². The number of rotatable bonds is 3. The van der Waals surface area contributed by atoms with E-state index >= 15 is 0 Å². The summed E-state index contributed by atoms with van der Waals surface area (Å²) >= 11 is 5.53. The monoisotopic (exact) mass is 267 g/mol. The van der Waals surface area contributed by atoms with Gasteiger partial charge in [-0.25, -0.2) is 0 Å². The molecule has 1 rings (SSSR count). The predicted molar refractivity (Wildman–Crippen MR) is 54.8 cm³/mol. The molecule has 0 radical (unpaired) electrons. The minimum absolute atomic E-state index is 0.160. The van der Waals surface area contributed by atoms with E-state index in [2.05, 4.69) is 4.98 Å². The highest BCUT2D eigenvalue weighted by molar-refractivity contribution is 6.30. The predicted octanol–water partition coefficient (Wildman–Crippen LogP) is 3.10. The summed E-state index contributed by atoms with van der Waals surface area (Å²) in [4.78, 5) is 14.5. The van der Waals surface area contributed by atoms with Crippen molar-refractivity contribution in [2.24, 2.45) is 5.92 Å². The summed E-state index contributed by atoms with van der Waals surface area (Å²) < 4.78 is 37.5. The van der Waals surface area contributed by atoms with Gasteiger partial charge in [0.15, 0.2) is 0 Å². The Morgan fingerprint density at radius 2 is 2.06 bits per heavy atom. The number of carbonyl (C=O) groups is 1. The molecule has 1 N–H and O–H groups in total. The number of aromatic nitrogens is 1. The summed E-state index contributed by atoms with van der Waals surface area (Å²) in [6, 6.07) is 2.49. The van der Waals surface area contributed by atoms with Crippen molar-refractivity contribution < 1.29 is 23.1 Å². The van der Waals surface area contributed by atoms with Crippen LogP contribution in [0.25, 0.3) is 0 Å². The summed E-state index contributed by atoms with van der Waals surface area (Å²) in [6.45, 7) is 0.815. The lowest BCUT2D eigenvalue weighted by Gasteiger charge is -2.22. The van der Waals surface area contributed by atoms with Gasteiger partial charge in [-0.3, -0.25) is 9.78 Å². The van der Waals surface area contributed by atoms with Crippen LogP contribution in [0.4, 0.5) is 13.2 Å². The van der Waals surface area contributed by atoms with Crippen molar-refractivity contribution in [2.75, 3.05) is 0 Å². The molecule has 94 valence electrons. The largest absolute Gasteiger partial charge is 0.481 e. The fourth-order valence-corrected chi connectivity index (χ4v) is 1.47. The van der Waals surface area contributed by atoms with Crippen LogP contribution < -0.4 is 0 Å². The molecule has 2 atom stereocenters. The van der Waals surface area contributed by atoms with E-state index < -0.39 is 24.0 Å². The molecule has 0 aliphatic carbocycles. The van der Waals surface area contributed by atoms with E-state index in [1.165, 1.54) is 12.1 Å². The number of hydrogen-bond donors (Lipinski definition) is 1. The van der Waals surface area contributed by atoms with Gasteiger partial charge < -0.3 is 5.11 Å². The average molecular weight is 268 g/mol. The molecule has 1 heterocycles. The van der Waals surface area contributed by atoms with Crippen LogP contribution >= 0.6 is 11.6 Å². The van der Waals surface area contributed by atoms with Gasteiger partial charge in [0.25, 0.3) is 0 Å². The molecule has 7 heteroatoms. The number of aliphatic carboxylic acids is 1. The van der Waals surface area contributed by atoms with Gasteiger partial charge in [-0.15, -0.1) is 0 Å². The fraction of sp³-hybridized carbons (Fsp3) is 0.400. The Balaban J connectivity index is 3.10. The molecule has 0 bridgehead atoms. The molecule has 0 aliphatic heterocycles.